The quantitative estimate of drug-likeness (QED) is 0.202. The number of rotatable bonds is 12. The monoisotopic (exact) mass is 402 g/mol. The van der Waals surface area contributed by atoms with E-state index in [4.69, 9.17) is 0 Å². The normalized spacial score (nSPS) is 28.7. The molecule has 0 saturated heterocycles. The molecule has 0 spiro atoms. The summed E-state index contributed by atoms with van der Waals surface area (Å²) in [7, 11) is 0. The van der Waals surface area contributed by atoms with Crippen LogP contribution in [0.25, 0.3) is 0 Å². The molecule has 2 aliphatic rings. The first-order valence-electron chi connectivity index (χ1n) is 12.8. The molecule has 0 atom stereocenters. The zero-order valence-electron chi connectivity index (χ0n) is 19.2. The van der Waals surface area contributed by atoms with Gasteiger partial charge in [-0.2, -0.15) is 0 Å². The second-order valence-corrected chi connectivity index (χ2v) is 9.74. The Morgan fingerprint density at radius 2 is 1.45 bits per heavy atom. The van der Waals surface area contributed by atoms with Crippen molar-refractivity contribution in [3.8, 4) is 0 Å². The summed E-state index contributed by atoms with van der Waals surface area (Å²) < 4.78 is 0. The minimum Gasteiger partial charge on any atom is -0.478 e. The lowest BCUT2D eigenvalue weighted by atomic mass is 9.67. The van der Waals surface area contributed by atoms with Gasteiger partial charge in [0, 0.05) is 5.57 Å². The highest BCUT2D eigenvalue weighted by Crippen LogP contribution is 2.43. The first-order valence-corrected chi connectivity index (χ1v) is 12.8. The molecule has 0 aromatic rings. The van der Waals surface area contributed by atoms with Gasteiger partial charge in [0.05, 0.1) is 0 Å². The van der Waals surface area contributed by atoms with Gasteiger partial charge in [0.15, 0.2) is 0 Å². The van der Waals surface area contributed by atoms with E-state index in [0.717, 1.165) is 43.4 Å². The first-order chi connectivity index (χ1) is 14.2. The third-order valence-electron chi connectivity index (χ3n) is 7.60. The molecule has 2 nitrogen and oxygen atoms in total. The van der Waals surface area contributed by atoms with Gasteiger partial charge >= 0.3 is 5.97 Å². The van der Waals surface area contributed by atoms with E-state index in [1.165, 1.54) is 77.0 Å². The molecule has 2 heteroatoms. The van der Waals surface area contributed by atoms with Crippen molar-refractivity contribution in [3.63, 3.8) is 0 Å². The van der Waals surface area contributed by atoms with Gasteiger partial charge in [-0.3, -0.25) is 0 Å². The van der Waals surface area contributed by atoms with E-state index in [-0.39, 0.29) is 5.92 Å². The van der Waals surface area contributed by atoms with Crippen molar-refractivity contribution >= 4 is 5.97 Å². The minimum atomic E-state index is -0.714. The lowest BCUT2D eigenvalue weighted by Crippen LogP contribution is -2.27. The molecule has 0 unspecified atom stereocenters. The molecule has 2 saturated carbocycles. The van der Waals surface area contributed by atoms with E-state index in [0.29, 0.717) is 5.57 Å². The van der Waals surface area contributed by atoms with Crippen LogP contribution in [0.5, 0.6) is 0 Å². The molecule has 0 heterocycles. The summed E-state index contributed by atoms with van der Waals surface area (Å²) in [5.41, 5.74) is 0.641. The summed E-state index contributed by atoms with van der Waals surface area (Å²) in [5, 5.41) is 9.64. The third kappa shape index (κ3) is 8.69. The Morgan fingerprint density at radius 1 is 0.828 bits per heavy atom. The van der Waals surface area contributed by atoms with Crippen LogP contribution in [0, 0.1) is 23.7 Å². The molecule has 0 aromatic carbocycles. The highest BCUT2D eigenvalue weighted by atomic mass is 16.4. The highest BCUT2D eigenvalue weighted by Gasteiger charge is 2.32. The fraction of sp³-hybridized carbons (Fsp3) is 0.815. The number of hydrogen-bond acceptors (Lipinski definition) is 1. The molecule has 0 radical (unpaired) electrons. The zero-order valence-corrected chi connectivity index (χ0v) is 19.2. The van der Waals surface area contributed by atoms with Crippen molar-refractivity contribution in [3.05, 3.63) is 23.8 Å². The van der Waals surface area contributed by atoms with Gasteiger partial charge in [0.25, 0.3) is 0 Å². The minimum absolute atomic E-state index is 0.259. The van der Waals surface area contributed by atoms with Crippen molar-refractivity contribution in [2.75, 3.05) is 0 Å². The van der Waals surface area contributed by atoms with E-state index >= 15 is 0 Å². The van der Waals surface area contributed by atoms with Crippen LogP contribution in [-0.4, -0.2) is 11.1 Å². The summed E-state index contributed by atoms with van der Waals surface area (Å²) in [4.78, 5) is 11.7. The van der Waals surface area contributed by atoms with Crippen LogP contribution < -0.4 is 0 Å². The lowest BCUT2D eigenvalue weighted by molar-refractivity contribution is -0.133. The van der Waals surface area contributed by atoms with Crippen molar-refractivity contribution < 1.29 is 9.90 Å². The Hall–Kier alpha value is -1.05. The number of hydrogen-bond donors (Lipinski definition) is 1. The predicted octanol–water partition coefficient (Wildman–Crippen LogP) is 8.33. The van der Waals surface area contributed by atoms with Crippen LogP contribution in [-0.2, 0) is 4.79 Å². The molecule has 2 fully saturated rings. The molecular formula is C27H46O2. The van der Waals surface area contributed by atoms with Gasteiger partial charge < -0.3 is 5.11 Å². The summed E-state index contributed by atoms with van der Waals surface area (Å²) in [6.07, 6.45) is 26.9. The van der Waals surface area contributed by atoms with E-state index in [1.807, 2.05) is 12.2 Å². The SMILES string of the molecule is CCCC=CC=C(C(=O)O)[C@H]1CC[C@H]([C@H]2CC[C@H](CCCCCCC)CC2)CC1. The van der Waals surface area contributed by atoms with Crippen LogP contribution in [0.4, 0.5) is 0 Å². The van der Waals surface area contributed by atoms with Crippen molar-refractivity contribution in [1.82, 2.24) is 0 Å². The maximum absolute atomic E-state index is 11.7. The number of carboxylic acid groups (broad SMARTS) is 1. The zero-order chi connectivity index (χ0) is 20.9. The number of unbranched alkanes of at least 4 members (excludes halogenated alkanes) is 5. The van der Waals surface area contributed by atoms with Crippen molar-refractivity contribution in [1.29, 1.82) is 0 Å². The van der Waals surface area contributed by atoms with Gasteiger partial charge in [0.2, 0.25) is 0 Å². The third-order valence-corrected chi connectivity index (χ3v) is 7.60. The Kier molecular flexibility index (Phi) is 11.7. The topological polar surface area (TPSA) is 37.3 Å². The van der Waals surface area contributed by atoms with Gasteiger partial charge in [-0.15, -0.1) is 0 Å². The number of carboxylic acids is 1. The van der Waals surface area contributed by atoms with Gasteiger partial charge in [-0.1, -0.05) is 89.9 Å². The summed E-state index contributed by atoms with van der Waals surface area (Å²) in [6.45, 7) is 4.44. The van der Waals surface area contributed by atoms with Crippen LogP contribution in [0.1, 0.15) is 117 Å². The smallest absolute Gasteiger partial charge is 0.331 e. The van der Waals surface area contributed by atoms with Crippen LogP contribution in [0.3, 0.4) is 0 Å². The molecule has 0 aromatic heterocycles. The molecule has 1 N–H and O–H groups in total. The van der Waals surface area contributed by atoms with E-state index in [2.05, 4.69) is 19.9 Å². The van der Waals surface area contributed by atoms with E-state index in [9.17, 15) is 9.90 Å². The number of carbonyl (C=O) groups is 1. The Morgan fingerprint density at radius 3 is 2.03 bits per heavy atom. The number of allylic oxidation sites excluding steroid dienone is 3. The number of aliphatic carboxylic acids is 1. The van der Waals surface area contributed by atoms with Crippen molar-refractivity contribution in [2.45, 2.75) is 117 Å². The standard InChI is InChI=1S/C27H46O2/c1-3-5-7-9-10-12-22-14-16-23(17-15-22)24-18-20-25(21-19-24)26(27(28)29)13-11-8-6-4-2/h8,11,13,22-25H,3-7,9-10,12,14-21H2,1-2H3,(H,28,29)/t22-,23-,24-,25-. The molecule has 166 valence electrons. The van der Waals surface area contributed by atoms with Gasteiger partial charge in [-0.25, -0.2) is 4.79 Å². The first kappa shape index (κ1) is 24.2. The molecule has 0 amide bonds. The average molecular weight is 403 g/mol. The Balaban J connectivity index is 1.70. The molecule has 0 aliphatic heterocycles. The maximum Gasteiger partial charge on any atom is 0.331 e. The van der Waals surface area contributed by atoms with Gasteiger partial charge in [0.1, 0.15) is 0 Å². The fourth-order valence-corrected chi connectivity index (χ4v) is 5.70. The Bertz CT molecular complexity index is 503. The summed E-state index contributed by atoms with van der Waals surface area (Å²) in [6, 6.07) is 0. The van der Waals surface area contributed by atoms with E-state index < -0.39 is 5.97 Å². The molecular weight excluding hydrogens is 356 g/mol. The fourth-order valence-electron chi connectivity index (χ4n) is 5.70. The molecule has 0 bridgehead atoms. The van der Waals surface area contributed by atoms with Gasteiger partial charge in [-0.05, 0) is 68.6 Å². The molecule has 2 rings (SSSR count). The van der Waals surface area contributed by atoms with Crippen LogP contribution in [0.15, 0.2) is 23.8 Å². The largest absolute Gasteiger partial charge is 0.478 e. The lowest BCUT2D eigenvalue weighted by Gasteiger charge is -2.38. The molecule has 29 heavy (non-hydrogen) atoms. The highest BCUT2D eigenvalue weighted by molar-refractivity contribution is 5.87. The van der Waals surface area contributed by atoms with Crippen LogP contribution in [0.2, 0.25) is 0 Å². The van der Waals surface area contributed by atoms with Crippen LogP contribution >= 0.6 is 0 Å². The second-order valence-electron chi connectivity index (χ2n) is 9.74. The summed E-state index contributed by atoms with van der Waals surface area (Å²) in [5.74, 6) is 2.29. The predicted molar refractivity (Wildman–Crippen MR) is 124 cm³/mol. The maximum atomic E-state index is 11.7. The van der Waals surface area contributed by atoms with Crippen molar-refractivity contribution in [2.24, 2.45) is 23.7 Å². The molecule has 2 aliphatic carbocycles. The summed E-state index contributed by atoms with van der Waals surface area (Å²) >= 11 is 0. The average Bonchev–Trinajstić information content (AvgIpc) is 2.74. The van der Waals surface area contributed by atoms with E-state index in [1.54, 1.807) is 0 Å². The Labute approximate surface area is 180 Å². The second kappa shape index (κ2) is 14.0.